The molecule has 1 heterocycles. The molecule has 0 bridgehead atoms. The Morgan fingerprint density at radius 1 is 1.24 bits per heavy atom. The van der Waals surface area contributed by atoms with Crippen LogP contribution in [-0.2, 0) is 11.2 Å². The van der Waals surface area contributed by atoms with E-state index < -0.39 is 0 Å². The van der Waals surface area contributed by atoms with Crippen LogP contribution in [0.15, 0.2) is 36.5 Å². The molecule has 1 amide bonds. The maximum absolute atomic E-state index is 12.3. The van der Waals surface area contributed by atoms with Crippen molar-refractivity contribution < 1.29 is 4.79 Å². The van der Waals surface area contributed by atoms with Gasteiger partial charge in [-0.3, -0.25) is 9.48 Å². The fourth-order valence-electron chi connectivity index (χ4n) is 2.46. The summed E-state index contributed by atoms with van der Waals surface area (Å²) < 4.78 is 1.82. The highest BCUT2D eigenvalue weighted by molar-refractivity contribution is 5.80. The van der Waals surface area contributed by atoms with E-state index in [4.69, 9.17) is 5.10 Å². The third kappa shape index (κ3) is 3.15. The molecule has 1 unspecified atom stereocenters. The Kier molecular flexibility index (Phi) is 4.78. The maximum Gasteiger partial charge on any atom is 0.246 e. The van der Waals surface area contributed by atoms with Crippen molar-refractivity contribution in [3.8, 4) is 11.3 Å². The molecule has 1 atom stereocenters. The first-order chi connectivity index (χ1) is 10.1. The molecule has 0 radical (unpaired) electrons. The van der Waals surface area contributed by atoms with E-state index in [1.54, 1.807) is 19.0 Å². The largest absolute Gasteiger partial charge is 0.347 e. The molecule has 1 aromatic heterocycles. The van der Waals surface area contributed by atoms with Crippen LogP contribution in [0.1, 0.15) is 31.9 Å². The molecular weight excluding hydrogens is 262 g/mol. The van der Waals surface area contributed by atoms with Crippen LogP contribution in [0.25, 0.3) is 11.3 Å². The Hall–Kier alpha value is -2.10. The molecule has 21 heavy (non-hydrogen) atoms. The third-order valence-corrected chi connectivity index (χ3v) is 3.67. The van der Waals surface area contributed by atoms with Gasteiger partial charge >= 0.3 is 0 Å². The lowest BCUT2D eigenvalue weighted by Crippen LogP contribution is -2.31. The summed E-state index contributed by atoms with van der Waals surface area (Å²) in [5.74, 6) is 0.0854. The number of hydrogen-bond donors (Lipinski definition) is 0. The lowest BCUT2D eigenvalue weighted by atomic mass is 10.1. The van der Waals surface area contributed by atoms with Gasteiger partial charge in [-0.15, -0.1) is 0 Å². The number of benzene rings is 1. The lowest BCUT2D eigenvalue weighted by molar-refractivity contribution is -0.132. The Morgan fingerprint density at radius 2 is 1.90 bits per heavy atom. The van der Waals surface area contributed by atoms with Crippen molar-refractivity contribution in [1.82, 2.24) is 14.7 Å². The summed E-state index contributed by atoms with van der Waals surface area (Å²) in [5, 5.41) is 4.70. The van der Waals surface area contributed by atoms with Gasteiger partial charge in [0.15, 0.2) is 0 Å². The number of hydrogen-bond acceptors (Lipinski definition) is 2. The highest BCUT2D eigenvalue weighted by Gasteiger charge is 2.22. The van der Waals surface area contributed by atoms with Crippen LogP contribution in [0.5, 0.6) is 0 Å². The number of aromatic nitrogens is 2. The van der Waals surface area contributed by atoms with Crippen LogP contribution in [0.3, 0.4) is 0 Å². The topological polar surface area (TPSA) is 38.1 Å². The second-order valence-corrected chi connectivity index (χ2v) is 5.36. The second-order valence-electron chi connectivity index (χ2n) is 5.36. The van der Waals surface area contributed by atoms with Crippen LogP contribution in [0.4, 0.5) is 0 Å². The molecule has 0 aliphatic rings. The SMILES string of the molecule is CCc1cn(C(CC)C(=O)N(C)C)nc1-c1ccccc1. The lowest BCUT2D eigenvalue weighted by Gasteiger charge is -2.19. The maximum atomic E-state index is 12.3. The van der Waals surface area contributed by atoms with E-state index >= 15 is 0 Å². The van der Waals surface area contributed by atoms with Crippen molar-refractivity contribution in [2.75, 3.05) is 14.1 Å². The number of carbonyl (C=O) groups excluding carboxylic acids is 1. The van der Waals surface area contributed by atoms with Gasteiger partial charge in [0.1, 0.15) is 6.04 Å². The minimum Gasteiger partial charge on any atom is -0.347 e. The van der Waals surface area contributed by atoms with Gasteiger partial charge in [-0.25, -0.2) is 0 Å². The van der Waals surface area contributed by atoms with Crippen LogP contribution < -0.4 is 0 Å². The highest BCUT2D eigenvalue weighted by atomic mass is 16.2. The van der Waals surface area contributed by atoms with Crippen molar-refractivity contribution in [2.24, 2.45) is 0 Å². The average molecular weight is 285 g/mol. The Balaban J connectivity index is 2.43. The number of rotatable bonds is 5. The van der Waals surface area contributed by atoms with Crippen molar-refractivity contribution >= 4 is 5.91 Å². The monoisotopic (exact) mass is 285 g/mol. The summed E-state index contributed by atoms with van der Waals surface area (Å²) in [6, 6.07) is 9.90. The zero-order chi connectivity index (χ0) is 15.4. The standard InChI is InChI=1S/C17H23N3O/c1-5-13-12-20(15(6-2)17(21)19(3)4)18-16(13)14-10-8-7-9-11-14/h7-12,15H,5-6H2,1-4H3. The van der Waals surface area contributed by atoms with Gasteiger partial charge in [0.2, 0.25) is 5.91 Å². The van der Waals surface area contributed by atoms with E-state index in [0.29, 0.717) is 0 Å². The smallest absolute Gasteiger partial charge is 0.246 e. The first kappa shape index (κ1) is 15.3. The predicted molar refractivity (Wildman–Crippen MR) is 85.1 cm³/mol. The Morgan fingerprint density at radius 3 is 2.43 bits per heavy atom. The van der Waals surface area contributed by atoms with E-state index in [0.717, 1.165) is 24.1 Å². The summed E-state index contributed by atoms with van der Waals surface area (Å²) in [4.78, 5) is 13.9. The fourth-order valence-corrected chi connectivity index (χ4v) is 2.46. The van der Waals surface area contributed by atoms with E-state index in [1.807, 2.05) is 36.0 Å². The van der Waals surface area contributed by atoms with Gasteiger partial charge in [-0.2, -0.15) is 5.10 Å². The zero-order valence-electron chi connectivity index (χ0n) is 13.2. The van der Waals surface area contributed by atoms with E-state index in [1.165, 1.54) is 5.56 Å². The quantitative estimate of drug-likeness (QED) is 0.846. The summed E-state index contributed by atoms with van der Waals surface area (Å²) in [6.07, 6.45) is 3.64. The van der Waals surface area contributed by atoms with Crippen LogP contribution in [-0.4, -0.2) is 34.7 Å². The third-order valence-electron chi connectivity index (χ3n) is 3.67. The average Bonchev–Trinajstić information content (AvgIpc) is 2.92. The molecular formula is C17H23N3O. The van der Waals surface area contributed by atoms with Gasteiger partial charge in [0, 0.05) is 25.9 Å². The minimum atomic E-state index is -0.234. The Bertz CT molecular complexity index is 602. The molecule has 4 nitrogen and oxygen atoms in total. The first-order valence-electron chi connectivity index (χ1n) is 7.43. The fraction of sp³-hybridized carbons (Fsp3) is 0.412. The second kappa shape index (κ2) is 6.57. The molecule has 0 fully saturated rings. The van der Waals surface area contributed by atoms with Crippen molar-refractivity contribution in [1.29, 1.82) is 0 Å². The van der Waals surface area contributed by atoms with Crippen LogP contribution >= 0.6 is 0 Å². The van der Waals surface area contributed by atoms with Gasteiger partial charge in [-0.05, 0) is 18.4 Å². The first-order valence-corrected chi connectivity index (χ1v) is 7.43. The summed E-state index contributed by atoms with van der Waals surface area (Å²) >= 11 is 0. The van der Waals surface area contributed by atoms with Gasteiger partial charge in [-0.1, -0.05) is 44.2 Å². The number of carbonyl (C=O) groups is 1. The minimum absolute atomic E-state index is 0.0854. The number of amides is 1. The van der Waals surface area contributed by atoms with Crippen molar-refractivity contribution in [3.05, 3.63) is 42.1 Å². The molecule has 2 rings (SSSR count). The summed E-state index contributed by atoms with van der Waals surface area (Å²) in [5.41, 5.74) is 3.24. The van der Waals surface area contributed by atoms with Crippen molar-refractivity contribution in [3.63, 3.8) is 0 Å². The van der Waals surface area contributed by atoms with Gasteiger partial charge < -0.3 is 4.90 Å². The number of aryl methyl sites for hydroxylation is 1. The number of nitrogens with zero attached hydrogens (tertiary/aromatic N) is 3. The molecule has 112 valence electrons. The number of likely N-dealkylation sites (N-methyl/N-ethyl adjacent to an activating group) is 1. The predicted octanol–water partition coefficient (Wildman–Crippen LogP) is 3.15. The molecule has 4 heteroatoms. The van der Waals surface area contributed by atoms with E-state index in [9.17, 15) is 4.79 Å². The molecule has 1 aromatic carbocycles. The molecule has 0 aliphatic carbocycles. The van der Waals surface area contributed by atoms with Gasteiger partial charge in [0.25, 0.3) is 0 Å². The van der Waals surface area contributed by atoms with Crippen LogP contribution in [0, 0.1) is 0 Å². The normalized spacial score (nSPS) is 12.2. The summed E-state index contributed by atoms with van der Waals surface area (Å²) in [7, 11) is 3.57. The van der Waals surface area contributed by atoms with E-state index in [-0.39, 0.29) is 11.9 Å². The zero-order valence-corrected chi connectivity index (χ0v) is 13.2. The van der Waals surface area contributed by atoms with Gasteiger partial charge in [0.05, 0.1) is 5.69 Å². The molecule has 2 aromatic rings. The highest BCUT2D eigenvalue weighted by Crippen LogP contribution is 2.25. The summed E-state index contributed by atoms with van der Waals surface area (Å²) in [6.45, 7) is 4.13. The Labute approximate surface area is 126 Å². The molecule has 0 spiro atoms. The van der Waals surface area contributed by atoms with E-state index in [2.05, 4.69) is 19.1 Å². The molecule has 0 aliphatic heterocycles. The molecule has 0 saturated heterocycles. The van der Waals surface area contributed by atoms with Crippen LogP contribution in [0.2, 0.25) is 0 Å². The van der Waals surface area contributed by atoms with Crippen molar-refractivity contribution in [2.45, 2.75) is 32.7 Å². The molecule has 0 N–H and O–H groups in total. The molecule has 0 saturated carbocycles.